The number of rotatable bonds is 4. The summed E-state index contributed by atoms with van der Waals surface area (Å²) in [5.74, 6) is -2.48. The summed E-state index contributed by atoms with van der Waals surface area (Å²) in [4.78, 5) is 21.8. The van der Waals surface area contributed by atoms with Crippen LogP contribution in [0.4, 0.5) is 20.3 Å². The van der Waals surface area contributed by atoms with Crippen LogP contribution in [0.2, 0.25) is 5.02 Å². The Hall–Kier alpha value is -2.07. The summed E-state index contributed by atoms with van der Waals surface area (Å²) in [6, 6.07) is 5.77. The molecular formula is C27H33ClF2N4O3. The number of anilines is 2. The Balaban J connectivity index is 1.13. The van der Waals surface area contributed by atoms with E-state index < -0.39 is 12.0 Å². The molecule has 1 aromatic carbocycles. The van der Waals surface area contributed by atoms with Gasteiger partial charge in [0.2, 0.25) is 11.8 Å². The number of hydrogen-bond donors (Lipinski definition) is 2. The van der Waals surface area contributed by atoms with Gasteiger partial charge < -0.3 is 20.1 Å². The molecule has 0 radical (unpaired) electrons. The first kappa shape index (κ1) is 25.2. The molecule has 4 aliphatic rings. The number of aromatic nitrogens is 1. The summed E-state index contributed by atoms with van der Waals surface area (Å²) in [5, 5.41) is 15.8. The van der Waals surface area contributed by atoms with Crippen molar-refractivity contribution in [1.29, 1.82) is 0 Å². The highest BCUT2D eigenvalue weighted by Gasteiger charge is 2.61. The van der Waals surface area contributed by atoms with Crippen LogP contribution < -0.4 is 10.2 Å². The molecular weight excluding hydrogens is 502 g/mol. The maximum absolute atomic E-state index is 13.6. The van der Waals surface area contributed by atoms with Crippen molar-refractivity contribution < 1.29 is 23.4 Å². The number of nitrogens with one attached hydrogen (secondary N) is 1. The van der Waals surface area contributed by atoms with Crippen molar-refractivity contribution in [1.82, 2.24) is 9.88 Å². The Morgan fingerprint density at radius 3 is 2.54 bits per heavy atom. The lowest BCUT2D eigenvalue weighted by molar-refractivity contribution is -0.119. The number of benzene rings is 1. The Labute approximate surface area is 220 Å². The molecule has 37 heavy (non-hydrogen) atoms. The molecule has 2 N–H and O–H groups in total. The average molecular weight is 535 g/mol. The van der Waals surface area contributed by atoms with Crippen LogP contribution in [0, 0.1) is 11.3 Å². The van der Waals surface area contributed by atoms with Gasteiger partial charge >= 0.3 is 0 Å². The number of pyridine rings is 1. The van der Waals surface area contributed by atoms with Gasteiger partial charge in [0.1, 0.15) is 5.82 Å². The van der Waals surface area contributed by atoms with Crippen molar-refractivity contribution in [3.63, 3.8) is 0 Å². The van der Waals surface area contributed by atoms with Gasteiger partial charge in [-0.25, -0.2) is 13.8 Å². The van der Waals surface area contributed by atoms with Crippen molar-refractivity contribution in [2.24, 2.45) is 11.3 Å². The van der Waals surface area contributed by atoms with Gasteiger partial charge in [-0.05, 0) is 55.2 Å². The highest BCUT2D eigenvalue weighted by molar-refractivity contribution is 6.34. The number of nitrogens with zero attached hydrogens (tertiary/aromatic N) is 3. The van der Waals surface area contributed by atoms with Crippen molar-refractivity contribution in [2.45, 2.75) is 56.6 Å². The van der Waals surface area contributed by atoms with E-state index in [9.17, 15) is 18.7 Å². The quantitative estimate of drug-likeness (QED) is 0.608. The zero-order valence-electron chi connectivity index (χ0n) is 21.0. The van der Waals surface area contributed by atoms with E-state index in [1.165, 1.54) is 0 Å². The predicted molar refractivity (Wildman–Crippen MR) is 138 cm³/mol. The van der Waals surface area contributed by atoms with Gasteiger partial charge in [-0.2, -0.15) is 0 Å². The number of fused-ring (bicyclic) bond motifs is 1. The summed E-state index contributed by atoms with van der Waals surface area (Å²) in [7, 11) is 0. The Kier molecular flexibility index (Phi) is 6.14. The van der Waals surface area contributed by atoms with Gasteiger partial charge in [-0.3, -0.25) is 9.69 Å². The highest BCUT2D eigenvalue weighted by atomic mass is 35.5. The second-order valence-electron chi connectivity index (χ2n) is 11.5. The second-order valence-corrected chi connectivity index (χ2v) is 12.0. The van der Waals surface area contributed by atoms with Crippen LogP contribution in [0.1, 0.15) is 39.0 Å². The van der Waals surface area contributed by atoms with Crippen LogP contribution in [-0.2, 0) is 9.53 Å². The Bertz CT molecular complexity index is 1210. The van der Waals surface area contributed by atoms with Crippen molar-refractivity contribution >= 4 is 39.8 Å². The third-order valence-corrected chi connectivity index (χ3v) is 9.56. The highest BCUT2D eigenvalue weighted by Crippen LogP contribution is 2.63. The molecule has 7 nitrogen and oxygen atoms in total. The summed E-state index contributed by atoms with van der Waals surface area (Å²) in [6.45, 7) is 6.07. The first-order valence-corrected chi connectivity index (χ1v) is 13.5. The lowest BCUT2D eigenvalue weighted by Gasteiger charge is -2.45. The largest absolute Gasteiger partial charge is 0.389 e. The van der Waals surface area contributed by atoms with Gasteiger partial charge in [-0.15, -0.1) is 0 Å². The average Bonchev–Trinajstić information content (AvgIpc) is 3.49. The van der Waals surface area contributed by atoms with Gasteiger partial charge in [0.15, 0.2) is 0 Å². The normalized spacial score (nSPS) is 31.1. The minimum atomic E-state index is -2.59. The molecule has 1 aromatic heterocycles. The fourth-order valence-corrected chi connectivity index (χ4v) is 6.77. The number of aliphatic hydroxyl groups excluding tert-OH is 1. The topological polar surface area (TPSA) is 77.9 Å². The number of piperazine rings is 1. The number of alkyl halides is 2. The number of ether oxygens (including phenoxy) is 1. The van der Waals surface area contributed by atoms with Gasteiger partial charge in [0.05, 0.1) is 35.6 Å². The van der Waals surface area contributed by atoms with Gasteiger partial charge in [0.25, 0.3) is 0 Å². The Morgan fingerprint density at radius 2 is 1.86 bits per heavy atom. The molecule has 2 saturated heterocycles. The summed E-state index contributed by atoms with van der Waals surface area (Å²) >= 11 is 6.66. The molecule has 2 saturated carbocycles. The number of hydrogen-bond acceptors (Lipinski definition) is 6. The van der Waals surface area contributed by atoms with E-state index in [0.717, 1.165) is 42.6 Å². The lowest BCUT2D eigenvalue weighted by atomic mass is 9.82. The summed E-state index contributed by atoms with van der Waals surface area (Å²) in [6.07, 6.45) is 2.44. The molecule has 3 atom stereocenters. The second kappa shape index (κ2) is 9.00. The molecule has 1 amide bonds. The lowest BCUT2D eigenvalue weighted by Crippen LogP contribution is -2.60. The maximum Gasteiger partial charge on any atom is 0.248 e. The Morgan fingerprint density at radius 1 is 1.14 bits per heavy atom. The molecule has 0 bridgehead atoms. The molecule has 2 aliphatic heterocycles. The third kappa shape index (κ3) is 4.58. The third-order valence-electron chi connectivity index (χ3n) is 9.25. The van der Waals surface area contributed by atoms with Crippen LogP contribution in [0.15, 0.2) is 24.4 Å². The van der Waals surface area contributed by atoms with Gasteiger partial charge in [-0.1, -0.05) is 11.6 Å². The minimum Gasteiger partial charge on any atom is -0.389 e. The van der Waals surface area contributed by atoms with Crippen molar-refractivity contribution in [2.75, 3.05) is 49.6 Å². The smallest absolute Gasteiger partial charge is 0.248 e. The van der Waals surface area contributed by atoms with E-state index in [0.29, 0.717) is 43.3 Å². The van der Waals surface area contributed by atoms with E-state index in [1.807, 2.05) is 18.2 Å². The number of carbonyl (C=O) groups excluding carboxylic acids is 1. The standard InChI is InChI=1S/C27H33ClF2N4O3/c1-25(16-37-15-22(25)35)34-8-6-33(7-9-34)21-11-17-12-23(31-14-18(17)10-20(21)28)32-24(36)19-13-26(19)2-4-27(29,30)5-3-26/h10-12,14,19,22,35H,2-9,13,15-16H2,1H3,(H,31,32,36)/t19?,22-,25+/m1/s1. The van der Waals surface area contributed by atoms with Crippen LogP contribution >= 0.6 is 11.6 Å². The SMILES string of the molecule is C[C@]1(N2CCN(c3cc4cc(NC(=O)C5CC56CCC(F)(F)CC6)ncc4cc3Cl)CC2)COC[C@H]1O. The number of aliphatic hydroxyl groups is 1. The summed E-state index contributed by atoms with van der Waals surface area (Å²) < 4.78 is 32.7. The fourth-order valence-electron chi connectivity index (χ4n) is 6.48. The van der Waals surface area contributed by atoms with Crippen LogP contribution in [0.3, 0.4) is 0 Å². The molecule has 3 heterocycles. The molecule has 6 rings (SSSR count). The zero-order chi connectivity index (χ0) is 26.0. The summed E-state index contributed by atoms with van der Waals surface area (Å²) in [5.41, 5.74) is 0.301. The molecule has 1 unspecified atom stereocenters. The van der Waals surface area contributed by atoms with Crippen LogP contribution in [0.25, 0.3) is 10.8 Å². The first-order valence-electron chi connectivity index (χ1n) is 13.1. The van der Waals surface area contributed by atoms with Crippen LogP contribution in [0.5, 0.6) is 0 Å². The zero-order valence-corrected chi connectivity index (χ0v) is 21.7. The van der Waals surface area contributed by atoms with Crippen molar-refractivity contribution in [3.05, 3.63) is 29.4 Å². The molecule has 10 heteroatoms. The molecule has 200 valence electrons. The maximum atomic E-state index is 13.6. The van der Waals surface area contributed by atoms with Crippen molar-refractivity contribution in [3.8, 4) is 0 Å². The molecule has 2 aliphatic carbocycles. The fraction of sp³-hybridized carbons (Fsp3) is 0.630. The first-order chi connectivity index (χ1) is 17.6. The molecule has 4 fully saturated rings. The molecule has 2 aromatic rings. The van der Waals surface area contributed by atoms with E-state index in [1.54, 1.807) is 6.20 Å². The van der Waals surface area contributed by atoms with Crippen LogP contribution in [-0.4, -0.2) is 77.9 Å². The van der Waals surface area contributed by atoms with E-state index in [4.69, 9.17) is 16.3 Å². The molecule has 1 spiro atoms. The number of amides is 1. The van der Waals surface area contributed by atoms with Gasteiger partial charge in [0, 0.05) is 56.5 Å². The predicted octanol–water partition coefficient (Wildman–Crippen LogP) is 4.31. The minimum absolute atomic E-state index is 0.129. The van der Waals surface area contributed by atoms with E-state index in [-0.39, 0.29) is 35.6 Å². The van der Waals surface area contributed by atoms with E-state index in [2.05, 4.69) is 27.0 Å². The monoisotopic (exact) mass is 534 g/mol. The number of carbonyl (C=O) groups is 1. The van der Waals surface area contributed by atoms with E-state index >= 15 is 0 Å². The number of halogens is 3.